The van der Waals surface area contributed by atoms with Gasteiger partial charge in [-0.15, -0.1) is 0 Å². The van der Waals surface area contributed by atoms with Crippen molar-refractivity contribution in [2.75, 3.05) is 0 Å². The molecule has 2 aliphatic rings. The lowest BCUT2D eigenvalue weighted by Crippen LogP contribution is -2.26. The van der Waals surface area contributed by atoms with E-state index in [2.05, 4.69) is 12.2 Å². The number of hydrogen-bond acceptors (Lipinski definition) is 1. The van der Waals surface area contributed by atoms with Gasteiger partial charge in [0.25, 0.3) is 0 Å². The van der Waals surface area contributed by atoms with E-state index in [9.17, 15) is 4.79 Å². The number of carbonyl (C=O) groups is 1. The predicted molar refractivity (Wildman–Crippen MR) is 38.0 cm³/mol. The monoisotopic (exact) mass is 137 g/mol. The molecule has 2 rings (SSSR count). The highest BCUT2D eigenvalue weighted by atomic mass is 16.1. The first-order valence-corrected chi connectivity index (χ1v) is 3.75. The van der Waals surface area contributed by atoms with E-state index in [1.54, 1.807) is 0 Å². The van der Waals surface area contributed by atoms with Crippen molar-refractivity contribution in [2.24, 2.45) is 23.5 Å². The average Bonchev–Trinajstić information content (AvgIpc) is 2.44. The first kappa shape index (κ1) is 5.96. The van der Waals surface area contributed by atoms with Crippen LogP contribution in [0, 0.1) is 17.8 Å². The molecule has 2 heteroatoms. The van der Waals surface area contributed by atoms with Gasteiger partial charge in [-0.1, -0.05) is 12.2 Å². The number of nitrogens with two attached hydrogens (primary N) is 1. The van der Waals surface area contributed by atoms with Gasteiger partial charge in [-0.2, -0.15) is 0 Å². The predicted octanol–water partition coefficient (Wildman–Crippen LogP) is 0.684. The number of fused-ring (bicyclic) bond motifs is 2. The van der Waals surface area contributed by atoms with Gasteiger partial charge in [0.15, 0.2) is 0 Å². The highest BCUT2D eigenvalue weighted by molar-refractivity contribution is 5.78. The van der Waals surface area contributed by atoms with E-state index in [0.717, 1.165) is 12.8 Å². The number of allylic oxidation sites excluding steroid dienone is 2. The maximum atomic E-state index is 10.8. The molecule has 54 valence electrons. The van der Waals surface area contributed by atoms with Crippen molar-refractivity contribution in [1.29, 1.82) is 0 Å². The lowest BCUT2D eigenvalue weighted by Gasteiger charge is -2.12. The Hall–Kier alpha value is -0.790. The lowest BCUT2D eigenvalue weighted by molar-refractivity contribution is -0.122. The smallest absolute Gasteiger partial charge is 0.221 e. The second-order valence-electron chi connectivity index (χ2n) is 3.29. The summed E-state index contributed by atoms with van der Waals surface area (Å²) in [6, 6.07) is 0. The molecule has 0 aromatic rings. The molecular formula is C8H11NO. The summed E-state index contributed by atoms with van der Waals surface area (Å²) < 4.78 is 0. The molecule has 1 amide bonds. The van der Waals surface area contributed by atoms with Crippen molar-refractivity contribution in [3.8, 4) is 0 Å². The molecule has 1 fully saturated rings. The first-order valence-electron chi connectivity index (χ1n) is 3.75. The van der Waals surface area contributed by atoms with Crippen molar-refractivity contribution in [3.05, 3.63) is 12.2 Å². The van der Waals surface area contributed by atoms with Gasteiger partial charge in [-0.05, 0) is 24.7 Å². The standard InChI is InChI=1S/C8H11NO/c9-8(10)7-4-5-1-2-6(7)3-5/h1-2,5-7H,3-4H2,(H2,9,10). The molecule has 2 bridgehead atoms. The van der Waals surface area contributed by atoms with Gasteiger partial charge in [-0.25, -0.2) is 0 Å². The highest BCUT2D eigenvalue weighted by Crippen LogP contribution is 2.42. The third kappa shape index (κ3) is 0.681. The Labute approximate surface area is 60.1 Å². The van der Waals surface area contributed by atoms with E-state index >= 15 is 0 Å². The molecule has 2 nitrogen and oxygen atoms in total. The summed E-state index contributed by atoms with van der Waals surface area (Å²) >= 11 is 0. The molecule has 1 saturated carbocycles. The molecule has 3 unspecified atom stereocenters. The molecule has 0 aliphatic heterocycles. The minimum absolute atomic E-state index is 0.114. The van der Waals surface area contributed by atoms with Gasteiger partial charge in [0.1, 0.15) is 0 Å². The molecule has 10 heavy (non-hydrogen) atoms. The Morgan fingerprint density at radius 1 is 1.40 bits per heavy atom. The van der Waals surface area contributed by atoms with Crippen LogP contribution >= 0.6 is 0 Å². The molecule has 0 saturated heterocycles. The first-order chi connectivity index (χ1) is 4.77. The zero-order chi connectivity index (χ0) is 7.14. The van der Waals surface area contributed by atoms with E-state index in [1.807, 2.05) is 0 Å². The van der Waals surface area contributed by atoms with E-state index in [-0.39, 0.29) is 11.8 Å². The second kappa shape index (κ2) is 1.84. The maximum Gasteiger partial charge on any atom is 0.221 e. The van der Waals surface area contributed by atoms with Crippen LogP contribution in [-0.2, 0) is 4.79 Å². The summed E-state index contributed by atoms with van der Waals surface area (Å²) in [6.07, 6.45) is 6.51. The van der Waals surface area contributed by atoms with Crippen LogP contribution in [0.25, 0.3) is 0 Å². The van der Waals surface area contributed by atoms with Gasteiger partial charge in [0.05, 0.1) is 0 Å². The molecule has 0 aromatic carbocycles. The Bertz CT molecular complexity index is 197. The molecule has 0 aromatic heterocycles. The Morgan fingerprint density at radius 3 is 2.50 bits per heavy atom. The Balaban J connectivity index is 2.16. The topological polar surface area (TPSA) is 43.1 Å². The SMILES string of the molecule is NC(=O)C1CC2C=CC1C2. The number of rotatable bonds is 1. The quantitative estimate of drug-likeness (QED) is 0.531. The average molecular weight is 137 g/mol. The van der Waals surface area contributed by atoms with Crippen LogP contribution < -0.4 is 5.73 Å². The van der Waals surface area contributed by atoms with E-state index in [1.165, 1.54) is 0 Å². The number of amides is 1. The summed E-state index contributed by atoms with van der Waals surface area (Å²) in [7, 11) is 0. The third-order valence-electron chi connectivity index (χ3n) is 2.64. The van der Waals surface area contributed by atoms with Crippen LogP contribution in [0.5, 0.6) is 0 Å². The normalized spacial score (nSPS) is 42.6. The van der Waals surface area contributed by atoms with Crippen LogP contribution in [0.3, 0.4) is 0 Å². The number of primary amides is 1. The summed E-state index contributed by atoms with van der Waals surface area (Å²) in [4.78, 5) is 10.8. The van der Waals surface area contributed by atoms with Crippen molar-refractivity contribution >= 4 is 5.91 Å². The fraction of sp³-hybridized carbons (Fsp3) is 0.625. The lowest BCUT2D eigenvalue weighted by atomic mass is 9.93. The zero-order valence-corrected chi connectivity index (χ0v) is 5.79. The van der Waals surface area contributed by atoms with E-state index < -0.39 is 0 Å². The van der Waals surface area contributed by atoms with Crippen LogP contribution in [-0.4, -0.2) is 5.91 Å². The Morgan fingerprint density at radius 2 is 2.20 bits per heavy atom. The van der Waals surface area contributed by atoms with Gasteiger partial charge in [0.2, 0.25) is 5.91 Å². The van der Waals surface area contributed by atoms with Gasteiger partial charge in [-0.3, -0.25) is 4.79 Å². The minimum atomic E-state index is -0.114. The highest BCUT2D eigenvalue weighted by Gasteiger charge is 2.38. The summed E-state index contributed by atoms with van der Waals surface area (Å²) in [5.74, 6) is 1.16. The fourth-order valence-corrected chi connectivity index (χ4v) is 2.11. The molecular weight excluding hydrogens is 126 g/mol. The Kier molecular flexibility index (Phi) is 1.10. The summed E-state index contributed by atoms with van der Waals surface area (Å²) in [5, 5.41) is 0. The summed E-state index contributed by atoms with van der Waals surface area (Å²) in [6.45, 7) is 0. The van der Waals surface area contributed by atoms with Gasteiger partial charge in [0, 0.05) is 5.92 Å². The molecule has 2 aliphatic carbocycles. The molecule has 0 radical (unpaired) electrons. The molecule has 2 N–H and O–H groups in total. The van der Waals surface area contributed by atoms with Crippen LogP contribution in [0.15, 0.2) is 12.2 Å². The second-order valence-corrected chi connectivity index (χ2v) is 3.29. The molecule has 0 spiro atoms. The van der Waals surface area contributed by atoms with Crippen LogP contribution in [0.1, 0.15) is 12.8 Å². The minimum Gasteiger partial charge on any atom is -0.369 e. The number of hydrogen-bond donors (Lipinski definition) is 1. The van der Waals surface area contributed by atoms with Gasteiger partial charge < -0.3 is 5.73 Å². The van der Waals surface area contributed by atoms with Crippen molar-refractivity contribution in [2.45, 2.75) is 12.8 Å². The van der Waals surface area contributed by atoms with Crippen LogP contribution in [0.2, 0.25) is 0 Å². The third-order valence-corrected chi connectivity index (χ3v) is 2.64. The van der Waals surface area contributed by atoms with Crippen LogP contribution in [0.4, 0.5) is 0 Å². The van der Waals surface area contributed by atoms with Gasteiger partial charge >= 0.3 is 0 Å². The summed E-state index contributed by atoms with van der Waals surface area (Å²) in [5.41, 5.74) is 5.21. The maximum absolute atomic E-state index is 10.8. The number of carbonyl (C=O) groups excluding carboxylic acids is 1. The van der Waals surface area contributed by atoms with Crippen molar-refractivity contribution in [3.63, 3.8) is 0 Å². The zero-order valence-electron chi connectivity index (χ0n) is 5.79. The largest absolute Gasteiger partial charge is 0.369 e. The molecule has 0 heterocycles. The fourth-order valence-electron chi connectivity index (χ4n) is 2.11. The molecule has 3 atom stereocenters. The van der Waals surface area contributed by atoms with E-state index in [4.69, 9.17) is 5.73 Å². The van der Waals surface area contributed by atoms with E-state index in [0.29, 0.717) is 11.8 Å². The van der Waals surface area contributed by atoms with Crippen molar-refractivity contribution < 1.29 is 4.79 Å². The van der Waals surface area contributed by atoms with Crippen molar-refractivity contribution in [1.82, 2.24) is 0 Å².